The van der Waals surface area contributed by atoms with Crippen molar-refractivity contribution < 1.29 is 32.7 Å². The van der Waals surface area contributed by atoms with Gasteiger partial charge in [0, 0.05) is 39.8 Å². The molecule has 0 amide bonds. The van der Waals surface area contributed by atoms with Crippen molar-refractivity contribution in [2.75, 3.05) is 0 Å². The molecule has 1 radical (unpaired) electrons. The minimum absolute atomic E-state index is 0. The Labute approximate surface area is 67.8 Å². The number of hydrogen-bond donors (Lipinski definition) is 0. The number of hydrogen-bond acceptors (Lipinski definition) is 1. The van der Waals surface area contributed by atoms with Crippen molar-refractivity contribution in [3.05, 3.63) is 18.5 Å². The second kappa shape index (κ2) is 3.33. The molecule has 3 heteroatoms. The first-order chi connectivity index (χ1) is 2.89. The van der Waals surface area contributed by atoms with Gasteiger partial charge in [0.1, 0.15) is 0 Å². The number of aryl methyl sites for hydroxylation is 1. The van der Waals surface area contributed by atoms with Crippen LogP contribution in [0.3, 0.4) is 0 Å². The van der Waals surface area contributed by atoms with Crippen molar-refractivity contribution in [1.29, 1.82) is 0 Å². The van der Waals surface area contributed by atoms with Crippen LogP contribution >= 0.6 is 0 Å². The van der Waals surface area contributed by atoms with E-state index in [0.717, 1.165) is 0 Å². The fourth-order valence-corrected chi connectivity index (χ4v) is 0.299. The smallest absolute Gasteiger partial charge is 0.0262 e. The van der Waals surface area contributed by atoms with E-state index in [2.05, 4.69) is 11.2 Å². The van der Waals surface area contributed by atoms with Crippen LogP contribution < -0.4 is 0 Å². The molecule has 0 bridgehead atoms. The summed E-state index contributed by atoms with van der Waals surface area (Å²) in [4.78, 5) is 0. The molecule has 0 spiro atoms. The third-order valence-electron chi connectivity index (χ3n) is 0.576. The second-order valence-electron chi connectivity index (χ2n) is 1.11. The van der Waals surface area contributed by atoms with Gasteiger partial charge in [-0.1, -0.05) is 0 Å². The molecule has 2 nitrogen and oxygen atoms in total. The monoisotopic (exact) mass is 170 g/mol. The van der Waals surface area contributed by atoms with Gasteiger partial charge in [0.25, 0.3) is 0 Å². The molecule has 0 saturated carbocycles. The van der Waals surface area contributed by atoms with Crippen LogP contribution in [-0.4, -0.2) is 9.78 Å². The second-order valence-corrected chi connectivity index (χ2v) is 1.11. The zero-order chi connectivity index (χ0) is 4.41. The van der Waals surface area contributed by atoms with Crippen LogP contribution in [0.4, 0.5) is 0 Å². The molecule has 0 saturated heterocycles. The first kappa shape index (κ1) is 7.31. The van der Waals surface area contributed by atoms with Gasteiger partial charge in [0.05, 0.1) is 0 Å². The van der Waals surface area contributed by atoms with Crippen LogP contribution in [0.15, 0.2) is 12.4 Å². The minimum Gasteiger partial charge on any atom is -0.432 e. The minimum atomic E-state index is 0. The maximum absolute atomic E-state index is 3.78. The van der Waals surface area contributed by atoms with Gasteiger partial charge in [-0.2, -0.15) is 6.20 Å². The zero-order valence-corrected chi connectivity index (χ0v) is 6.96. The van der Waals surface area contributed by atoms with Gasteiger partial charge in [0.2, 0.25) is 0 Å². The first-order valence-corrected chi connectivity index (χ1v) is 1.74. The molecule has 1 aromatic rings. The molecule has 0 N–H and O–H groups in total. The molecule has 0 aliphatic rings. The van der Waals surface area contributed by atoms with Gasteiger partial charge >= 0.3 is 0 Å². The molecule has 0 unspecified atom stereocenters. The SMILES string of the molecule is Cn1c[c-]cn1.[Y]. The van der Waals surface area contributed by atoms with Gasteiger partial charge in [-0.05, 0) is 0 Å². The van der Waals surface area contributed by atoms with E-state index in [-0.39, 0.29) is 32.7 Å². The summed E-state index contributed by atoms with van der Waals surface area (Å²) < 4.78 is 1.69. The fraction of sp³-hybridized carbons (Fsp3) is 0.250. The largest absolute Gasteiger partial charge is 0.432 e. The van der Waals surface area contributed by atoms with Crippen molar-refractivity contribution in [2.24, 2.45) is 7.05 Å². The van der Waals surface area contributed by atoms with Gasteiger partial charge in [0.15, 0.2) is 0 Å². The number of nitrogens with zero attached hydrogens (tertiary/aromatic N) is 2. The summed E-state index contributed by atoms with van der Waals surface area (Å²) in [5.41, 5.74) is 0. The first-order valence-electron chi connectivity index (χ1n) is 1.74. The third-order valence-corrected chi connectivity index (χ3v) is 0.576. The Morgan fingerprint density at radius 3 is 2.57 bits per heavy atom. The van der Waals surface area contributed by atoms with Crippen LogP contribution in [0.1, 0.15) is 0 Å². The number of aromatic nitrogens is 2. The molecule has 1 rings (SSSR count). The summed E-state index contributed by atoms with van der Waals surface area (Å²) in [5.74, 6) is 0. The Morgan fingerprint density at radius 2 is 2.43 bits per heavy atom. The molecule has 0 aromatic carbocycles. The van der Waals surface area contributed by atoms with Crippen molar-refractivity contribution in [1.82, 2.24) is 9.78 Å². The summed E-state index contributed by atoms with van der Waals surface area (Å²) in [5, 5.41) is 3.78. The standard InChI is InChI=1S/C4H5N2.Y/c1-6-4-2-3-5-6;/h3-4H,1H3;/q-1;. The van der Waals surface area contributed by atoms with Crippen LogP contribution in [0, 0.1) is 6.07 Å². The van der Waals surface area contributed by atoms with E-state index in [0.29, 0.717) is 0 Å². The molecule has 1 heterocycles. The third kappa shape index (κ3) is 2.20. The van der Waals surface area contributed by atoms with Crippen molar-refractivity contribution in [2.45, 2.75) is 0 Å². The van der Waals surface area contributed by atoms with E-state index in [4.69, 9.17) is 0 Å². The van der Waals surface area contributed by atoms with E-state index in [9.17, 15) is 0 Å². The van der Waals surface area contributed by atoms with Crippen LogP contribution in [0.25, 0.3) is 0 Å². The normalized spacial score (nSPS) is 7.57. The van der Waals surface area contributed by atoms with Gasteiger partial charge < -0.3 is 10.7 Å². The Bertz CT molecular complexity index is 113. The molecular weight excluding hydrogens is 165 g/mol. The van der Waals surface area contributed by atoms with E-state index in [1.165, 1.54) is 0 Å². The van der Waals surface area contributed by atoms with Crippen molar-refractivity contribution in [3.8, 4) is 0 Å². The van der Waals surface area contributed by atoms with E-state index in [1.807, 2.05) is 7.05 Å². The average Bonchev–Trinajstić information content (AvgIpc) is 1.86. The Kier molecular flexibility index (Phi) is 3.48. The maximum atomic E-state index is 3.78. The molecule has 0 fully saturated rings. The summed E-state index contributed by atoms with van der Waals surface area (Å²) >= 11 is 0. The quantitative estimate of drug-likeness (QED) is 0.509. The maximum Gasteiger partial charge on any atom is 0.0262 e. The fourth-order valence-electron chi connectivity index (χ4n) is 0.299. The summed E-state index contributed by atoms with van der Waals surface area (Å²) in [7, 11) is 1.86. The Hall–Kier alpha value is 0.314. The average molecular weight is 170 g/mol. The predicted octanol–water partition coefficient (Wildman–Crippen LogP) is 0.218. The van der Waals surface area contributed by atoms with Crippen LogP contribution in [-0.2, 0) is 39.8 Å². The summed E-state index contributed by atoms with van der Waals surface area (Å²) in [6.07, 6.45) is 3.39. The van der Waals surface area contributed by atoms with E-state index >= 15 is 0 Å². The molecule has 7 heavy (non-hydrogen) atoms. The predicted molar refractivity (Wildman–Crippen MR) is 22.0 cm³/mol. The molecule has 0 aliphatic carbocycles. The topological polar surface area (TPSA) is 17.8 Å². The van der Waals surface area contributed by atoms with Crippen molar-refractivity contribution in [3.63, 3.8) is 0 Å². The molecule has 0 aliphatic heterocycles. The molecular formula is C4H5N2Y-. The molecule has 1 aromatic heterocycles. The van der Waals surface area contributed by atoms with Gasteiger partial charge in [-0.25, -0.2) is 5.10 Å². The Morgan fingerprint density at radius 1 is 1.71 bits per heavy atom. The zero-order valence-electron chi connectivity index (χ0n) is 4.13. The Balaban J connectivity index is 0.000000360. The van der Waals surface area contributed by atoms with E-state index in [1.54, 1.807) is 17.1 Å². The molecule has 0 atom stereocenters. The van der Waals surface area contributed by atoms with Gasteiger partial charge in [-0.3, -0.25) is 0 Å². The van der Waals surface area contributed by atoms with Crippen molar-refractivity contribution >= 4 is 0 Å². The van der Waals surface area contributed by atoms with Gasteiger partial charge in [-0.15, -0.1) is 6.20 Å². The summed E-state index contributed by atoms with van der Waals surface area (Å²) in [6.45, 7) is 0. The van der Waals surface area contributed by atoms with E-state index < -0.39 is 0 Å². The van der Waals surface area contributed by atoms with Crippen LogP contribution in [0.5, 0.6) is 0 Å². The number of rotatable bonds is 0. The van der Waals surface area contributed by atoms with Crippen LogP contribution in [0.2, 0.25) is 0 Å². The molecule has 35 valence electrons. The summed E-state index contributed by atoms with van der Waals surface area (Å²) in [6, 6.07) is 2.78.